The number of aliphatic hydroxyl groups excluding tert-OH is 1. The zero-order chi connectivity index (χ0) is 18.9. The fourth-order valence-corrected chi connectivity index (χ4v) is 3.40. The van der Waals surface area contributed by atoms with Crippen molar-refractivity contribution < 1.29 is 19.5 Å². The molecule has 2 fully saturated rings. The van der Waals surface area contributed by atoms with E-state index in [1.54, 1.807) is 20.0 Å². The summed E-state index contributed by atoms with van der Waals surface area (Å²) in [5.74, 6) is -0.665. The van der Waals surface area contributed by atoms with E-state index in [1.165, 1.54) is 0 Å². The zero-order valence-electron chi connectivity index (χ0n) is 14.9. The molecule has 1 atom stereocenters. The fourth-order valence-electron chi connectivity index (χ4n) is 3.40. The number of amides is 4. The van der Waals surface area contributed by atoms with Crippen molar-refractivity contribution in [3.05, 3.63) is 30.1 Å². The number of nitrogens with zero attached hydrogens (tertiary/aromatic N) is 2. The first-order valence-corrected chi connectivity index (χ1v) is 8.77. The summed E-state index contributed by atoms with van der Waals surface area (Å²) in [7, 11) is 0. The van der Waals surface area contributed by atoms with Gasteiger partial charge in [-0.25, -0.2) is 4.79 Å². The first-order valence-electron chi connectivity index (χ1n) is 8.77. The summed E-state index contributed by atoms with van der Waals surface area (Å²) >= 11 is 0. The first kappa shape index (κ1) is 18.3. The highest BCUT2D eigenvalue weighted by Crippen LogP contribution is 2.31. The van der Waals surface area contributed by atoms with E-state index in [0.717, 1.165) is 10.6 Å². The highest BCUT2D eigenvalue weighted by Gasteiger charge is 2.45. The van der Waals surface area contributed by atoms with E-state index in [1.807, 2.05) is 18.2 Å². The number of carbonyl (C=O) groups excluding carboxylic acids is 3. The first-order chi connectivity index (χ1) is 12.3. The maximum absolute atomic E-state index is 12.5. The van der Waals surface area contributed by atoms with Crippen LogP contribution in [0.2, 0.25) is 0 Å². The Balaban J connectivity index is 1.64. The van der Waals surface area contributed by atoms with Gasteiger partial charge in [0.2, 0.25) is 5.91 Å². The lowest BCUT2D eigenvalue weighted by Crippen LogP contribution is -2.51. The van der Waals surface area contributed by atoms with E-state index in [2.05, 4.69) is 15.6 Å². The molecule has 0 bridgehead atoms. The molecule has 2 heterocycles. The average molecular weight is 360 g/mol. The molecule has 3 N–H and O–H groups in total. The third-order valence-corrected chi connectivity index (χ3v) is 4.97. The average Bonchev–Trinajstić information content (AvgIpc) is 2.74. The Labute approximate surface area is 152 Å². The van der Waals surface area contributed by atoms with Crippen LogP contribution < -0.4 is 10.6 Å². The van der Waals surface area contributed by atoms with E-state index >= 15 is 0 Å². The molecular weight excluding hydrogens is 336 g/mol. The summed E-state index contributed by atoms with van der Waals surface area (Å²) in [5, 5.41) is 15.1. The summed E-state index contributed by atoms with van der Waals surface area (Å²) < 4.78 is 0. The predicted molar refractivity (Wildman–Crippen MR) is 92.9 cm³/mol. The van der Waals surface area contributed by atoms with Crippen LogP contribution in [0.4, 0.5) is 4.79 Å². The molecule has 1 saturated heterocycles. The normalized spacial score (nSPS) is 25.4. The molecule has 1 aliphatic heterocycles. The Morgan fingerprint density at radius 2 is 2.15 bits per heavy atom. The summed E-state index contributed by atoms with van der Waals surface area (Å²) in [6, 6.07) is 4.83. The van der Waals surface area contributed by atoms with Crippen LogP contribution in [-0.2, 0) is 16.0 Å². The van der Waals surface area contributed by atoms with Crippen molar-refractivity contribution in [2.75, 3.05) is 6.54 Å². The van der Waals surface area contributed by atoms with Crippen LogP contribution in [0.15, 0.2) is 24.4 Å². The van der Waals surface area contributed by atoms with E-state index in [4.69, 9.17) is 0 Å². The molecule has 8 nitrogen and oxygen atoms in total. The van der Waals surface area contributed by atoms with E-state index in [0.29, 0.717) is 19.3 Å². The molecule has 1 saturated carbocycles. The number of rotatable bonds is 6. The Bertz CT molecular complexity index is 700. The molecule has 8 heteroatoms. The number of hydrogen-bond acceptors (Lipinski definition) is 5. The minimum absolute atomic E-state index is 0.149. The Morgan fingerprint density at radius 1 is 1.42 bits per heavy atom. The lowest BCUT2D eigenvalue weighted by Gasteiger charge is -2.38. The molecule has 1 aromatic heterocycles. The lowest BCUT2D eigenvalue weighted by molar-refractivity contribution is -0.134. The molecule has 1 aliphatic carbocycles. The number of aliphatic hydroxyl groups is 1. The van der Waals surface area contributed by atoms with Crippen LogP contribution in [0.1, 0.15) is 32.4 Å². The van der Waals surface area contributed by atoms with Crippen molar-refractivity contribution in [1.82, 2.24) is 20.5 Å². The van der Waals surface area contributed by atoms with Crippen molar-refractivity contribution in [1.29, 1.82) is 0 Å². The van der Waals surface area contributed by atoms with Crippen LogP contribution in [0, 0.1) is 5.92 Å². The van der Waals surface area contributed by atoms with Crippen LogP contribution >= 0.6 is 0 Å². The molecule has 2 aliphatic rings. The van der Waals surface area contributed by atoms with Gasteiger partial charge in [0.25, 0.3) is 5.91 Å². The van der Waals surface area contributed by atoms with Gasteiger partial charge in [-0.3, -0.25) is 19.5 Å². The van der Waals surface area contributed by atoms with Crippen molar-refractivity contribution >= 4 is 17.8 Å². The van der Waals surface area contributed by atoms with Crippen LogP contribution in [0.3, 0.4) is 0 Å². The SMILES string of the molecule is CC1(C)NC(=O)N(CC(=O)NC(Cc2ccccn2)C2CC(O)C2)C1=O. The van der Waals surface area contributed by atoms with Gasteiger partial charge in [-0.05, 0) is 44.7 Å². The zero-order valence-corrected chi connectivity index (χ0v) is 14.9. The Morgan fingerprint density at radius 3 is 2.69 bits per heavy atom. The Kier molecular flexibility index (Phi) is 4.95. The summed E-state index contributed by atoms with van der Waals surface area (Å²) in [4.78, 5) is 41.8. The quantitative estimate of drug-likeness (QED) is 0.628. The summed E-state index contributed by atoms with van der Waals surface area (Å²) in [6.45, 7) is 2.89. The van der Waals surface area contributed by atoms with Crippen LogP contribution in [-0.4, -0.2) is 57.1 Å². The molecule has 1 unspecified atom stereocenters. The maximum Gasteiger partial charge on any atom is 0.325 e. The number of carbonyl (C=O) groups is 3. The largest absolute Gasteiger partial charge is 0.393 e. The minimum Gasteiger partial charge on any atom is -0.393 e. The van der Waals surface area contributed by atoms with Gasteiger partial charge in [-0.2, -0.15) is 0 Å². The predicted octanol–water partition coefficient (Wildman–Crippen LogP) is 0.210. The minimum atomic E-state index is -0.997. The lowest BCUT2D eigenvalue weighted by atomic mass is 9.76. The maximum atomic E-state index is 12.5. The fraction of sp³-hybridized carbons (Fsp3) is 0.556. The van der Waals surface area contributed by atoms with Gasteiger partial charge in [0, 0.05) is 24.4 Å². The van der Waals surface area contributed by atoms with E-state index in [9.17, 15) is 19.5 Å². The van der Waals surface area contributed by atoms with Gasteiger partial charge in [0.1, 0.15) is 12.1 Å². The summed E-state index contributed by atoms with van der Waals surface area (Å²) in [5.41, 5.74) is -0.154. The van der Waals surface area contributed by atoms with Crippen molar-refractivity contribution in [3.8, 4) is 0 Å². The van der Waals surface area contributed by atoms with E-state index in [-0.39, 0.29) is 24.6 Å². The summed E-state index contributed by atoms with van der Waals surface area (Å²) in [6.07, 6.45) is 3.13. The second-order valence-electron chi connectivity index (χ2n) is 7.53. The van der Waals surface area contributed by atoms with Crippen molar-refractivity contribution in [3.63, 3.8) is 0 Å². The van der Waals surface area contributed by atoms with E-state index < -0.39 is 23.4 Å². The van der Waals surface area contributed by atoms with Gasteiger partial charge < -0.3 is 15.7 Å². The highest BCUT2D eigenvalue weighted by atomic mass is 16.3. The van der Waals surface area contributed by atoms with Gasteiger partial charge in [0.15, 0.2) is 0 Å². The van der Waals surface area contributed by atoms with Crippen LogP contribution in [0.5, 0.6) is 0 Å². The topological polar surface area (TPSA) is 112 Å². The van der Waals surface area contributed by atoms with Gasteiger partial charge in [0.05, 0.1) is 6.10 Å². The molecule has 26 heavy (non-hydrogen) atoms. The van der Waals surface area contributed by atoms with Crippen molar-refractivity contribution in [2.24, 2.45) is 5.92 Å². The number of hydrogen-bond donors (Lipinski definition) is 3. The second-order valence-corrected chi connectivity index (χ2v) is 7.53. The molecule has 4 amide bonds. The number of urea groups is 1. The Hall–Kier alpha value is -2.48. The standard InChI is InChI=1S/C18H24N4O4/c1-18(2)16(25)22(17(26)21-18)10-15(24)20-14(11-7-13(23)8-11)9-12-5-3-4-6-19-12/h3-6,11,13-14,23H,7-10H2,1-2H3,(H,20,24)(H,21,26). The van der Waals surface area contributed by atoms with Gasteiger partial charge in [-0.15, -0.1) is 0 Å². The van der Waals surface area contributed by atoms with Gasteiger partial charge in [-0.1, -0.05) is 6.07 Å². The molecule has 0 radical (unpaired) electrons. The highest BCUT2D eigenvalue weighted by molar-refractivity contribution is 6.08. The number of imide groups is 1. The molecule has 0 spiro atoms. The van der Waals surface area contributed by atoms with Crippen LogP contribution in [0.25, 0.3) is 0 Å². The number of pyridine rings is 1. The molecular formula is C18H24N4O4. The second kappa shape index (κ2) is 7.03. The third kappa shape index (κ3) is 3.85. The molecule has 1 aromatic rings. The molecule has 0 aromatic carbocycles. The smallest absolute Gasteiger partial charge is 0.325 e. The number of aromatic nitrogens is 1. The number of nitrogens with one attached hydrogen (secondary N) is 2. The third-order valence-electron chi connectivity index (χ3n) is 4.97. The monoisotopic (exact) mass is 360 g/mol. The van der Waals surface area contributed by atoms with Gasteiger partial charge >= 0.3 is 6.03 Å². The van der Waals surface area contributed by atoms with Crippen molar-refractivity contribution in [2.45, 2.75) is 50.8 Å². The molecule has 140 valence electrons. The molecule has 3 rings (SSSR count).